The number of likely N-dealkylation sites (tertiary alicyclic amines) is 1. The van der Waals surface area contributed by atoms with Crippen molar-refractivity contribution in [1.82, 2.24) is 9.88 Å². The molecule has 116 valence electrons. The van der Waals surface area contributed by atoms with Gasteiger partial charge in [0.05, 0.1) is 0 Å². The topological polar surface area (TPSA) is 59.2 Å². The molecule has 0 radical (unpaired) electrons. The standard InChI is InChI=1S/C16H18ClN3OS/c17-13-6-2-1-4-11(13)8-12-5-3-7-20(12)16(21)14-10-22-15(9-18)19-14/h1-2,4,6,10,12H,3,5,7-9,18H2/t12-/m0/s1. The Kier molecular flexibility index (Phi) is 4.76. The number of rotatable bonds is 4. The van der Waals surface area contributed by atoms with Crippen molar-refractivity contribution in [2.75, 3.05) is 6.54 Å². The van der Waals surface area contributed by atoms with Gasteiger partial charge in [-0.2, -0.15) is 0 Å². The molecule has 2 heterocycles. The molecule has 6 heteroatoms. The Bertz CT molecular complexity index is 673. The number of nitrogens with zero attached hydrogens (tertiary/aromatic N) is 2. The van der Waals surface area contributed by atoms with Crippen LogP contribution in [-0.2, 0) is 13.0 Å². The van der Waals surface area contributed by atoms with Crippen LogP contribution in [0.3, 0.4) is 0 Å². The Morgan fingerprint density at radius 3 is 3.00 bits per heavy atom. The van der Waals surface area contributed by atoms with E-state index in [1.54, 1.807) is 5.38 Å². The zero-order valence-corrected chi connectivity index (χ0v) is 13.7. The van der Waals surface area contributed by atoms with Crippen molar-refractivity contribution in [3.63, 3.8) is 0 Å². The zero-order chi connectivity index (χ0) is 15.5. The van der Waals surface area contributed by atoms with Crippen LogP contribution in [0.1, 0.15) is 33.9 Å². The molecule has 0 unspecified atom stereocenters. The van der Waals surface area contributed by atoms with Gasteiger partial charge in [0.1, 0.15) is 10.7 Å². The smallest absolute Gasteiger partial charge is 0.273 e. The highest BCUT2D eigenvalue weighted by Crippen LogP contribution is 2.26. The molecule has 1 fully saturated rings. The highest BCUT2D eigenvalue weighted by atomic mass is 35.5. The molecular weight excluding hydrogens is 318 g/mol. The second kappa shape index (κ2) is 6.77. The van der Waals surface area contributed by atoms with Crippen molar-refractivity contribution in [3.8, 4) is 0 Å². The number of carbonyl (C=O) groups excluding carboxylic acids is 1. The fourth-order valence-electron chi connectivity index (χ4n) is 2.88. The van der Waals surface area contributed by atoms with E-state index in [4.69, 9.17) is 17.3 Å². The maximum Gasteiger partial charge on any atom is 0.273 e. The van der Waals surface area contributed by atoms with Crippen molar-refractivity contribution < 1.29 is 4.79 Å². The van der Waals surface area contributed by atoms with E-state index in [0.29, 0.717) is 12.2 Å². The second-order valence-corrected chi connectivity index (χ2v) is 6.77. The SMILES string of the molecule is NCc1nc(C(=O)N2CCC[C@H]2Cc2ccccc2Cl)cs1. The van der Waals surface area contributed by atoms with Crippen LogP contribution < -0.4 is 5.73 Å². The summed E-state index contributed by atoms with van der Waals surface area (Å²) in [5.41, 5.74) is 7.17. The van der Waals surface area contributed by atoms with Gasteiger partial charge in [0, 0.05) is 29.5 Å². The summed E-state index contributed by atoms with van der Waals surface area (Å²) < 4.78 is 0. The van der Waals surface area contributed by atoms with E-state index < -0.39 is 0 Å². The molecule has 0 aliphatic carbocycles. The first-order valence-electron chi connectivity index (χ1n) is 7.38. The molecule has 22 heavy (non-hydrogen) atoms. The fraction of sp³-hybridized carbons (Fsp3) is 0.375. The van der Waals surface area contributed by atoms with Crippen LogP contribution >= 0.6 is 22.9 Å². The lowest BCUT2D eigenvalue weighted by molar-refractivity contribution is 0.0731. The monoisotopic (exact) mass is 335 g/mol. The van der Waals surface area contributed by atoms with Gasteiger partial charge >= 0.3 is 0 Å². The third kappa shape index (κ3) is 3.16. The number of hydrogen-bond donors (Lipinski definition) is 1. The molecule has 0 bridgehead atoms. The number of benzene rings is 1. The summed E-state index contributed by atoms with van der Waals surface area (Å²) in [6.45, 7) is 1.16. The van der Waals surface area contributed by atoms with Gasteiger partial charge < -0.3 is 10.6 Å². The largest absolute Gasteiger partial charge is 0.334 e. The summed E-state index contributed by atoms with van der Waals surface area (Å²) in [6, 6.07) is 8.02. The molecular formula is C16H18ClN3OS. The van der Waals surface area contributed by atoms with Gasteiger partial charge in [-0.1, -0.05) is 29.8 Å². The molecule has 1 amide bonds. The van der Waals surface area contributed by atoms with Crippen LogP contribution in [0.15, 0.2) is 29.6 Å². The molecule has 3 rings (SSSR count). The summed E-state index contributed by atoms with van der Waals surface area (Å²) in [7, 11) is 0. The molecule has 1 aliphatic rings. The molecule has 1 aromatic heterocycles. The van der Waals surface area contributed by atoms with Crippen LogP contribution in [0.4, 0.5) is 0 Å². The summed E-state index contributed by atoms with van der Waals surface area (Å²) >= 11 is 7.68. The van der Waals surface area contributed by atoms with E-state index in [0.717, 1.165) is 41.4 Å². The van der Waals surface area contributed by atoms with E-state index in [2.05, 4.69) is 4.98 Å². The summed E-state index contributed by atoms with van der Waals surface area (Å²) in [4.78, 5) is 18.9. The summed E-state index contributed by atoms with van der Waals surface area (Å²) in [5, 5.41) is 3.36. The Hall–Kier alpha value is -1.43. The van der Waals surface area contributed by atoms with Crippen molar-refractivity contribution in [1.29, 1.82) is 0 Å². The molecule has 0 spiro atoms. The Morgan fingerprint density at radius 1 is 1.45 bits per heavy atom. The minimum absolute atomic E-state index is 0.00510. The number of amides is 1. The number of hydrogen-bond acceptors (Lipinski definition) is 4. The maximum absolute atomic E-state index is 12.7. The fourth-order valence-corrected chi connectivity index (χ4v) is 3.74. The molecule has 4 nitrogen and oxygen atoms in total. The van der Waals surface area contributed by atoms with E-state index in [9.17, 15) is 4.79 Å². The predicted molar refractivity (Wildman–Crippen MR) is 89.2 cm³/mol. The average molecular weight is 336 g/mol. The number of nitrogens with two attached hydrogens (primary N) is 1. The zero-order valence-electron chi connectivity index (χ0n) is 12.2. The molecule has 1 atom stereocenters. The van der Waals surface area contributed by atoms with Crippen molar-refractivity contribution in [3.05, 3.63) is 50.9 Å². The highest BCUT2D eigenvalue weighted by molar-refractivity contribution is 7.09. The van der Waals surface area contributed by atoms with Gasteiger partial charge in [-0.25, -0.2) is 4.98 Å². The number of thiazole rings is 1. The first-order valence-corrected chi connectivity index (χ1v) is 8.63. The van der Waals surface area contributed by atoms with Crippen LogP contribution in [0.25, 0.3) is 0 Å². The first kappa shape index (κ1) is 15.5. The molecule has 2 aromatic rings. The van der Waals surface area contributed by atoms with E-state index in [1.807, 2.05) is 29.2 Å². The third-order valence-electron chi connectivity index (χ3n) is 4.00. The summed E-state index contributed by atoms with van der Waals surface area (Å²) in [6.07, 6.45) is 2.82. The molecule has 1 saturated heterocycles. The number of halogens is 1. The van der Waals surface area contributed by atoms with E-state index in [-0.39, 0.29) is 11.9 Å². The highest BCUT2D eigenvalue weighted by Gasteiger charge is 2.30. The minimum Gasteiger partial charge on any atom is -0.334 e. The summed E-state index contributed by atoms with van der Waals surface area (Å²) in [5.74, 6) is 0.00510. The minimum atomic E-state index is 0.00510. The van der Waals surface area contributed by atoms with Crippen LogP contribution in [0.2, 0.25) is 5.02 Å². The van der Waals surface area contributed by atoms with Crippen LogP contribution in [0.5, 0.6) is 0 Å². The van der Waals surface area contributed by atoms with Gasteiger partial charge in [-0.15, -0.1) is 11.3 Å². The Balaban J connectivity index is 1.75. The van der Waals surface area contributed by atoms with Gasteiger partial charge in [-0.3, -0.25) is 4.79 Å². The normalized spacial score (nSPS) is 17.9. The number of aromatic nitrogens is 1. The lowest BCUT2D eigenvalue weighted by Crippen LogP contribution is -2.37. The average Bonchev–Trinajstić information content (AvgIpc) is 3.18. The molecule has 1 aliphatic heterocycles. The quantitative estimate of drug-likeness (QED) is 0.934. The third-order valence-corrected chi connectivity index (χ3v) is 5.24. The van der Waals surface area contributed by atoms with Crippen molar-refractivity contribution in [2.45, 2.75) is 31.8 Å². The first-order chi connectivity index (χ1) is 10.7. The van der Waals surface area contributed by atoms with Gasteiger partial charge in [0.15, 0.2) is 0 Å². The van der Waals surface area contributed by atoms with Crippen molar-refractivity contribution >= 4 is 28.8 Å². The van der Waals surface area contributed by atoms with Gasteiger partial charge in [-0.05, 0) is 30.9 Å². The Morgan fingerprint density at radius 2 is 2.27 bits per heavy atom. The predicted octanol–water partition coefficient (Wildman–Crippen LogP) is 3.10. The van der Waals surface area contributed by atoms with Crippen molar-refractivity contribution in [2.24, 2.45) is 5.73 Å². The maximum atomic E-state index is 12.7. The number of carbonyl (C=O) groups is 1. The van der Waals surface area contributed by atoms with E-state index in [1.165, 1.54) is 11.3 Å². The van der Waals surface area contributed by atoms with Crippen LogP contribution in [-0.4, -0.2) is 28.4 Å². The molecule has 2 N–H and O–H groups in total. The lowest BCUT2D eigenvalue weighted by atomic mass is 10.0. The van der Waals surface area contributed by atoms with E-state index >= 15 is 0 Å². The van der Waals surface area contributed by atoms with Gasteiger partial charge in [0.25, 0.3) is 5.91 Å². The van der Waals surface area contributed by atoms with Gasteiger partial charge in [0.2, 0.25) is 0 Å². The molecule has 0 saturated carbocycles. The van der Waals surface area contributed by atoms with Crippen LogP contribution in [0, 0.1) is 0 Å². The molecule has 1 aromatic carbocycles. The second-order valence-electron chi connectivity index (χ2n) is 5.42. The Labute approximate surface area is 138 Å². The lowest BCUT2D eigenvalue weighted by Gasteiger charge is -2.24.